The van der Waals surface area contributed by atoms with Crippen molar-refractivity contribution in [3.63, 3.8) is 0 Å². The number of hydrogen-bond acceptors (Lipinski definition) is 20. The maximum absolute atomic E-state index is 11.2. The van der Waals surface area contributed by atoms with E-state index in [0.717, 1.165) is 0 Å². The molecule has 0 aliphatic carbocycles. The van der Waals surface area contributed by atoms with Crippen molar-refractivity contribution in [2.24, 2.45) is 5.92 Å². The Labute approximate surface area is 268 Å². The molecule has 0 bridgehead atoms. The first-order valence-corrected chi connectivity index (χ1v) is 15.3. The number of aliphatic hydroxyl groups excluding tert-OH is 13. The third-order valence-corrected chi connectivity index (χ3v) is 8.91. The molecule has 4 heterocycles. The fraction of sp³-hybridized carbons (Fsp3) is 1.00. The molecule has 4 fully saturated rings. The van der Waals surface area contributed by atoms with Gasteiger partial charge in [0, 0.05) is 0 Å². The van der Waals surface area contributed by atoms with E-state index in [1.165, 1.54) is 0 Å². The molecule has 0 aromatic rings. The van der Waals surface area contributed by atoms with Crippen LogP contribution < -0.4 is 0 Å². The van der Waals surface area contributed by atoms with Crippen LogP contribution in [0.5, 0.6) is 0 Å². The van der Waals surface area contributed by atoms with Gasteiger partial charge in [-0.2, -0.15) is 0 Å². The second-order valence-electron chi connectivity index (χ2n) is 12.5. The number of hydrogen-bond donors (Lipinski definition) is 13. The van der Waals surface area contributed by atoms with Crippen LogP contribution in [0.3, 0.4) is 0 Å². The third kappa shape index (κ3) is 8.08. The summed E-state index contributed by atoms with van der Waals surface area (Å²) in [5.74, 6) is -0.429. The molecule has 1 unspecified atom stereocenters. The summed E-state index contributed by atoms with van der Waals surface area (Å²) in [4.78, 5) is 0. The number of ether oxygens (including phenoxy) is 7. The minimum atomic E-state index is -1.96. The molecule has 0 amide bonds. The van der Waals surface area contributed by atoms with Crippen LogP contribution in [0.15, 0.2) is 0 Å². The molecule has 20 heteroatoms. The Kier molecular flexibility index (Phi) is 13.7. The fourth-order valence-electron chi connectivity index (χ4n) is 6.00. The van der Waals surface area contributed by atoms with E-state index in [1.807, 2.05) is 0 Å². The minimum Gasteiger partial charge on any atom is -0.394 e. The zero-order valence-corrected chi connectivity index (χ0v) is 25.6. The molecule has 4 rings (SSSR count). The molecule has 0 aromatic heterocycles. The Bertz CT molecular complexity index is 959. The van der Waals surface area contributed by atoms with Crippen LogP contribution in [0, 0.1) is 5.92 Å². The van der Waals surface area contributed by atoms with Crippen LogP contribution in [-0.4, -0.2) is 215 Å². The Balaban J connectivity index is 1.55. The first-order valence-electron chi connectivity index (χ1n) is 15.3. The lowest BCUT2D eigenvalue weighted by Gasteiger charge is -2.50. The molecule has 0 aromatic carbocycles. The predicted molar refractivity (Wildman–Crippen MR) is 147 cm³/mol. The van der Waals surface area contributed by atoms with E-state index in [0.29, 0.717) is 0 Å². The van der Waals surface area contributed by atoms with Crippen molar-refractivity contribution in [3.8, 4) is 0 Å². The van der Waals surface area contributed by atoms with E-state index in [2.05, 4.69) is 0 Å². The summed E-state index contributed by atoms with van der Waals surface area (Å²) in [5.41, 5.74) is 0. The summed E-state index contributed by atoms with van der Waals surface area (Å²) >= 11 is 0. The van der Waals surface area contributed by atoms with Crippen LogP contribution in [0.1, 0.15) is 13.8 Å². The van der Waals surface area contributed by atoms with Gasteiger partial charge >= 0.3 is 0 Å². The van der Waals surface area contributed by atoms with Gasteiger partial charge in [-0.05, 0) is 5.92 Å². The van der Waals surface area contributed by atoms with E-state index in [1.54, 1.807) is 13.8 Å². The Morgan fingerprint density at radius 1 is 0.447 bits per heavy atom. The highest BCUT2D eigenvalue weighted by Crippen LogP contribution is 2.35. The molecule has 47 heavy (non-hydrogen) atoms. The fourth-order valence-corrected chi connectivity index (χ4v) is 6.00. The summed E-state index contributed by atoms with van der Waals surface area (Å²) in [6.07, 6.45) is -32.7. The van der Waals surface area contributed by atoms with Gasteiger partial charge in [0.25, 0.3) is 0 Å². The Morgan fingerprint density at radius 2 is 0.830 bits per heavy atom. The average Bonchev–Trinajstić information content (AvgIpc) is 3.05. The van der Waals surface area contributed by atoms with E-state index < -0.39 is 155 Å². The smallest absolute Gasteiger partial charge is 0.187 e. The monoisotopic (exact) mass is 692 g/mol. The number of aliphatic hydroxyl groups is 13. The zero-order valence-electron chi connectivity index (χ0n) is 25.6. The maximum atomic E-state index is 11.2. The summed E-state index contributed by atoms with van der Waals surface area (Å²) in [6, 6.07) is 0. The van der Waals surface area contributed by atoms with Crippen molar-refractivity contribution in [2.45, 2.75) is 136 Å². The molecular formula is C27H48O20. The van der Waals surface area contributed by atoms with Gasteiger partial charge in [0.2, 0.25) is 0 Å². The first kappa shape index (κ1) is 39.0. The standard InChI is InChI=1S/C27H48O20/c1-7(2)22-24(47-26-20(39)17(36)13(32)9(4-29)44-26)23(15(34)10(5-30)42-22)46-27-21(40)18(37)14(33)11(45-27)6-41-25-19(38)16(35)12(31)8(3-28)43-25/h7-40H,3-6H2,1-2H3/t8-,9-,10-,11-,12-,13-,14-,15-,16+,17+,18+,19-,20-,21-,22?,23+,24+,25-,26+,27+/m1/s1. The molecule has 20 nitrogen and oxygen atoms in total. The lowest BCUT2D eigenvalue weighted by atomic mass is 9.88. The quantitative estimate of drug-likeness (QED) is 0.0956. The van der Waals surface area contributed by atoms with Gasteiger partial charge in [-0.1, -0.05) is 13.8 Å². The highest BCUT2D eigenvalue weighted by atomic mass is 16.8. The molecule has 0 saturated carbocycles. The summed E-state index contributed by atoms with van der Waals surface area (Å²) < 4.78 is 39.6. The van der Waals surface area contributed by atoms with Gasteiger partial charge in [0.05, 0.1) is 32.5 Å². The van der Waals surface area contributed by atoms with E-state index in [9.17, 15) is 66.4 Å². The Hall–Kier alpha value is -0.800. The van der Waals surface area contributed by atoms with E-state index in [4.69, 9.17) is 33.2 Å². The van der Waals surface area contributed by atoms with Crippen LogP contribution >= 0.6 is 0 Å². The predicted octanol–water partition coefficient (Wildman–Crippen LogP) is -8.04. The number of rotatable bonds is 11. The zero-order chi connectivity index (χ0) is 34.9. The highest BCUT2D eigenvalue weighted by molar-refractivity contribution is 4.99. The van der Waals surface area contributed by atoms with Gasteiger partial charge in [-0.3, -0.25) is 0 Å². The average molecular weight is 693 g/mol. The lowest BCUT2D eigenvalue weighted by molar-refractivity contribution is -0.376. The summed E-state index contributed by atoms with van der Waals surface area (Å²) in [7, 11) is 0. The molecule has 276 valence electrons. The second kappa shape index (κ2) is 16.5. The Morgan fingerprint density at radius 3 is 1.30 bits per heavy atom. The molecule has 4 aliphatic rings. The normalized spacial score (nSPS) is 51.3. The SMILES string of the molecule is CC(C)C1O[C@H](CO)[C@@H](O)[C@H](O[C@@H]2O[C@H](CO[C@@H]3O[C@H](CO)[C@@H](O)[C@H](O)[C@H]3O)[C@@H](O)[C@H](O)[C@H]2O)[C@H]1O[C@@H]1O[C@H](CO)[C@@H](O)[C@H](O)[C@H]1O. The van der Waals surface area contributed by atoms with E-state index >= 15 is 0 Å². The molecule has 0 spiro atoms. The van der Waals surface area contributed by atoms with E-state index in [-0.39, 0.29) is 0 Å². The maximum Gasteiger partial charge on any atom is 0.187 e. The van der Waals surface area contributed by atoms with Crippen LogP contribution in [0.25, 0.3) is 0 Å². The van der Waals surface area contributed by atoms with Crippen molar-refractivity contribution >= 4 is 0 Å². The van der Waals surface area contributed by atoms with Gasteiger partial charge in [0.1, 0.15) is 97.7 Å². The van der Waals surface area contributed by atoms with Gasteiger partial charge in [-0.25, -0.2) is 0 Å². The van der Waals surface area contributed by atoms with Gasteiger partial charge in [0.15, 0.2) is 18.9 Å². The molecule has 4 saturated heterocycles. The highest BCUT2D eigenvalue weighted by Gasteiger charge is 2.55. The van der Waals surface area contributed by atoms with Crippen LogP contribution in [-0.2, 0) is 33.2 Å². The van der Waals surface area contributed by atoms with Crippen LogP contribution in [0.2, 0.25) is 0 Å². The van der Waals surface area contributed by atoms with Crippen LogP contribution in [0.4, 0.5) is 0 Å². The van der Waals surface area contributed by atoms with Crippen molar-refractivity contribution in [1.29, 1.82) is 0 Å². The van der Waals surface area contributed by atoms with Crippen molar-refractivity contribution in [1.82, 2.24) is 0 Å². The van der Waals surface area contributed by atoms with Crippen molar-refractivity contribution in [2.75, 3.05) is 26.4 Å². The minimum absolute atomic E-state index is 0.429. The first-order chi connectivity index (χ1) is 22.2. The largest absolute Gasteiger partial charge is 0.394 e. The topological polar surface area (TPSA) is 328 Å². The van der Waals surface area contributed by atoms with Crippen molar-refractivity contribution in [3.05, 3.63) is 0 Å². The lowest BCUT2D eigenvalue weighted by Crippen LogP contribution is -2.67. The molecule has 4 aliphatic heterocycles. The molecule has 0 radical (unpaired) electrons. The molecular weight excluding hydrogens is 644 g/mol. The summed E-state index contributed by atoms with van der Waals surface area (Å²) in [5, 5.41) is 134. The van der Waals surface area contributed by atoms with Gasteiger partial charge < -0.3 is 99.5 Å². The second-order valence-corrected chi connectivity index (χ2v) is 12.5. The molecule has 13 N–H and O–H groups in total. The molecule has 20 atom stereocenters. The van der Waals surface area contributed by atoms with Gasteiger partial charge in [-0.15, -0.1) is 0 Å². The third-order valence-electron chi connectivity index (χ3n) is 8.91. The van der Waals surface area contributed by atoms with Crippen molar-refractivity contribution < 1.29 is 99.5 Å². The summed E-state index contributed by atoms with van der Waals surface area (Å²) in [6.45, 7) is 0.514.